The Labute approximate surface area is 174 Å². The minimum absolute atomic E-state index is 0.0170. The maximum Gasteiger partial charge on any atom is 0.261 e. The number of rotatable bonds is 7. The van der Waals surface area contributed by atoms with Gasteiger partial charge in [0.25, 0.3) is 15.9 Å². The first-order chi connectivity index (χ1) is 13.9. The van der Waals surface area contributed by atoms with Crippen LogP contribution in [0.1, 0.15) is 17.3 Å². The minimum Gasteiger partial charge on any atom is -0.493 e. The summed E-state index contributed by atoms with van der Waals surface area (Å²) < 4.78 is 33.3. The lowest BCUT2D eigenvalue weighted by molar-refractivity contribution is 0.102. The summed E-state index contributed by atoms with van der Waals surface area (Å²) in [6, 6.07) is 19.2. The fourth-order valence-electron chi connectivity index (χ4n) is 2.61. The molecule has 0 aliphatic heterocycles. The zero-order valence-corrected chi connectivity index (χ0v) is 17.1. The number of carbonyl (C=O) groups excluding carboxylic acids is 1. The van der Waals surface area contributed by atoms with E-state index >= 15 is 0 Å². The molecule has 150 valence electrons. The molecular weight excluding hydrogens is 412 g/mol. The van der Waals surface area contributed by atoms with Crippen LogP contribution in [0.2, 0.25) is 5.02 Å². The van der Waals surface area contributed by atoms with Gasteiger partial charge in [0, 0.05) is 16.4 Å². The Bertz CT molecular complexity index is 1120. The maximum absolute atomic E-state index is 12.7. The third-order valence-corrected chi connectivity index (χ3v) is 5.56. The normalized spacial score (nSPS) is 11.0. The van der Waals surface area contributed by atoms with Crippen molar-refractivity contribution in [1.29, 1.82) is 0 Å². The number of hydrogen-bond donors (Lipinski definition) is 2. The van der Waals surface area contributed by atoms with Gasteiger partial charge in [-0.05, 0) is 61.5 Å². The van der Waals surface area contributed by atoms with Crippen molar-refractivity contribution in [1.82, 2.24) is 0 Å². The van der Waals surface area contributed by atoms with Crippen molar-refractivity contribution in [2.24, 2.45) is 0 Å². The van der Waals surface area contributed by atoms with Gasteiger partial charge in [0.2, 0.25) is 0 Å². The van der Waals surface area contributed by atoms with Gasteiger partial charge in [0.05, 0.1) is 17.1 Å². The molecule has 3 aromatic carbocycles. The van der Waals surface area contributed by atoms with Gasteiger partial charge in [0.15, 0.2) is 0 Å². The van der Waals surface area contributed by atoms with Crippen LogP contribution in [0.25, 0.3) is 0 Å². The standard InChI is InChI=1S/C21H19ClN2O4S/c1-2-28-20-9-4-3-8-19(20)21(25)23-17-6-5-7-18(14-17)29(26,27)24-16-12-10-15(22)11-13-16/h3-14,24H,2H2,1H3,(H,23,25). The summed E-state index contributed by atoms with van der Waals surface area (Å²) >= 11 is 5.82. The van der Waals surface area contributed by atoms with Gasteiger partial charge in [-0.25, -0.2) is 8.42 Å². The van der Waals surface area contributed by atoms with Crippen LogP contribution >= 0.6 is 11.6 Å². The van der Waals surface area contributed by atoms with Crippen LogP contribution < -0.4 is 14.8 Å². The number of hydrogen-bond acceptors (Lipinski definition) is 4. The molecule has 3 aromatic rings. The van der Waals surface area contributed by atoms with Crippen LogP contribution in [0.15, 0.2) is 77.7 Å². The summed E-state index contributed by atoms with van der Waals surface area (Å²) in [4.78, 5) is 12.6. The first kappa shape index (κ1) is 20.7. The summed E-state index contributed by atoms with van der Waals surface area (Å²) in [6.45, 7) is 2.26. The molecule has 2 N–H and O–H groups in total. The van der Waals surface area contributed by atoms with Crippen LogP contribution in [-0.2, 0) is 10.0 Å². The third-order valence-electron chi connectivity index (χ3n) is 3.93. The molecule has 0 heterocycles. The van der Waals surface area contributed by atoms with E-state index in [-0.39, 0.29) is 4.90 Å². The Morgan fingerprint density at radius 3 is 2.41 bits per heavy atom. The number of para-hydroxylation sites is 1. The quantitative estimate of drug-likeness (QED) is 0.564. The van der Waals surface area contributed by atoms with E-state index in [2.05, 4.69) is 10.0 Å². The van der Waals surface area contributed by atoms with Crippen molar-refractivity contribution in [2.45, 2.75) is 11.8 Å². The summed E-state index contributed by atoms with van der Waals surface area (Å²) in [5.74, 6) is 0.0648. The average Bonchev–Trinajstić information content (AvgIpc) is 2.70. The summed E-state index contributed by atoms with van der Waals surface area (Å²) in [7, 11) is -3.83. The largest absolute Gasteiger partial charge is 0.493 e. The molecule has 0 aliphatic carbocycles. The first-order valence-electron chi connectivity index (χ1n) is 8.80. The molecule has 0 saturated carbocycles. The molecule has 0 saturated heterocycles. The molecule has 0 aliphatic rings. The maximum atomic E-state index is 12.7. The predicted molar refractivity (Wildman–Crippen MR) is 114 cm³/mol. The predicted octanol–water partition coefficient (Wildman–Crippen LogP) is 4.79. The smallest absolute Gasteiger partial charge is 0.261 e. The molecular formula is C21H19ClN2O4S. The van der Waals surface area contributed by atoms with E-state index in [1.807, 2.05) is 6.92 Å². The Hall–Kier alpha value is -3.03. The number of nitrogens with one attached hydrogen (secondary N) is 2. The molecule has 0 fully saturated rings. The van der Waals surface area contributed by atoms with E-state index in [0.717, 1.165) is 0 Å². The lowest BCUT2D eigenvalue weighted by Gasteiger charge is -2.12. The van der Waals surface area contributed by atoms with Crippen LogP contribution in [0.5, 0.6) is 5.75 Å². The number of amides is 1. The van der Waals surface area contributed by atoms with Crippen LogP contribution in [0.3, 0.4) is 0 Å². The van der Waals surface area contributed by atoms with Gasteiger partial charge < -0.3 is 10.1 Å². The van der Waals surface area contributed by atoms with Gasteiger partial charge in [-0.15, -0.1) is 0 Å². The molecule has 0 spiro atoms. The van der Waals surface area contributed by atoms with Crippen molar-refractivity contribution in [3.05, 3.63) is 83.4 Å². The molecule has 0 unspecified atom stereocenters. The van der Waals surface area contributed by atoms with E-state index in [4.69, 9.17) is 16.3 Å². The molecule has 0 aromatic heterocycles. The summed E-state index contributed by atoms with van der Waals surface area (Å²) in [5.41, 5.74) is 1.09. The molecule has 3 rings (SSSR count). The minimum atomic E-state index is -3.83. The molecule has 8 heteroatoms. The highest BCUT2D eigenvalue weighted by Gasteiger charge is 2.17. The average molecular weight is 431 g/mol. The number of halogens is 1. The van der Waals surface area contributed by atoms with Crippen molar-refractivity contribution < 1.29 is 17.9 Å². The number of benzene rings is 3. The fourth-order valence-corrected chi connectivity index (χ4v) is 3.84. The van der Waals surface area contributed by atoms with Crippen molar-refractivity contribution in [3.8, 4) is 5.75 Å². The van der Waals surface area contributed by atoms with E-state index in [1.54, 1.807) is 60.7 Å². The molecule has 1 amide bonds. The monoisotopic (exact) mass is 430 g/mol. The zero-order chi connectivity index (χ0) is 20.9. The second-order valence-electron chi connectivity index (χ2n) is 6.02. The van der Waals surface area contributed by atoms with E-state index in [0.29, 0.717) is 34.3 Å². The van der Waals surface area contributed by atoms with Crippen LogP contribution in [0.4, 0.5) is 11.4 Å². The third kappa shape index (κ3) is 5.28. The second kappa shape index (κ2) is 8.98. The number of anilines is 2. The molecule has 0 radical (unpaired) electrons. The number of carbonyl (C=O) groups is 1. The molecule has 0 bridgehead atoms. The van der Waals surface area contributed by atoms with Crippen LogP contribution in [-0.4, -0.2) is 20.9 Å². The van der Waals surface area contributed by atoms with E-state index in [1.165, 1.54) is 12.1 Å². The van der Waals surface area contributed by atoms with Crippen LogP contribution in [0, 0.1) is 0 Å². The molecule has 0 atom stereocenters. The van der Waals surface area contributed by atoms with E-state index < -0.39 is 15.9 Å². The van der Waals surface area contributed by atoms with Gasteiger partial charge in [-0.1, -0.05) is 29.8 Å². The Kier molecular flexibility index (Phi) is 6.41. The SMILES string of the molecule is CCOc1ccccc1C(=O)Nc1cccc(S(=O)(=O)Nc2ccc(Cl)cc2)c1. The van der Waals surface area contributed by atoms with Gasteiger partial charge in [-0.2, -0.15) is 0 Å². The highest BCUT2D eigenvalue weighted by Crippen LogP contribution is 2.23. The Morgan fingerprint density at radius 1 is 0.966 bits per heavy atom. The Balaban J connectivity index is 1.80. The van der Waals surface area contributed by atoms with Crippen molar-refractivity contribution in [2.75, 3.05) is 16.6 Å². The van der Waals surface area contributed by atoms with E-state index in [9.17, 15) is 13.2 Å². The number of sulfonamides is 1. The van der Waals surface area contributed by atoms with Gasteiger partial charge in [-0.3, -0.25) is 9.52 Å². The van der Waals surface area contributed by atoms with Crippen molar-refractivity contribution in [3.63, 3.8) is 0 Å². The van der Waals surface area contributed by atoms with Gasteiger partial charge in [0.1, 0.15) is 5.75 Å². The summed E-state index contributed by atoms with van der Waals surface area (Å²) in [6.07, 6.45) is 0. The summed E-state index contributed by atoms with van der Waals surface area (Å²) in [5, 5.41) is 3.22. The van der Waals surface area contributed by atoms with Gasteiger partial charge >= 0.3 is 0 Å². The zero-order valence-electron chi connectivity index (χ0n) is 15.6. The van der Waals surface area contributed by atoms with Crippen molar-refractivity contribution >= 4 is 38.9 Å². The lowest BCUT2D eigenvalue weighted by Crippen LogP contribution is -2.15. The second-order valence-corrected chi connectivity index (χ2v) is 8.14. The molecule has 29 heavy (non-hydrogen) atoms. The Morgan fingerprint density at radius 2 is 1.69 bits per heavy atom. The topological polar surface area (TPSA) is 84.5 Å². The molecule has 6 nitrogen and oxygen atoms in total. The number of ether oxygens (including phenoxy) is 1. The highest BCUT2D eigenvalue weighted by molar-refractivity contribution is 7.92. The first-order valence-corrected chi connectivity index (χ1v) is 10.7. The lowest BCUT2D eigenvalue weighted by atomic mass is 10.2. The fraction of sp³-hybridized carbons (Fsp3) is 0.0952. The highest BCUT2D eigenvalue weighted by atomic mass is 35.5.